The number of amides is 1. The highest BCUT2D eigenvalue weighted by atomic mass is 32.2. The fraction of sp³-hybridized carbons (Fsp3) is 0.290. The molecule has 0 bridgehead atoms. The van der Waals surface area contributed by atoms with E-state index in [0.29, 0.717) is 36.3 Å². The first-order valence-corrected chi connectivity index (χ1v) is 15.0. The number of piperazine rings is 1. The van der Waals surface area contributed by atoms with Crippen molar-refractivity contribution in [3.05, 3.63) is 102 Å². The predicted molar refractivity (Wildman–Crippen MR) is 152 cm³/mol. The number of benzene rings is 3. The molecule has 3 aromatic carbocycles. The largest absolute Gasteiger partial charge is 0.494 e. The van der Waals surface area contributed by atoms with E-state index in [1.807, 2.05) is 29.2 Å². The van der Waals surface area contributed by atoms with E-state index in [1.165, 1.54) is 5.56 Å². The van der Waals surface area contributed by atoms with Gasteiger partial charge in [-0.1, -0.05) is 49.4 Å². The van der Waals surface area contributed by atoms with Gasteiger partial charge in [-0.25, -0.2) is 8.42 Å². The molecule has 39 heavy (non-hydrogen) atoms. The highest BCUT2D eigenvalue weighted by Gasteiger charge is 2.23. The summed E-state index contributed by atoms with van der Waals surface area (Å²) in [5.74, 6) is 0.714. The van der Waals surface area contributed by atoms with E-state index in [4.69, 9.17) is 4.74 Å². The van der Waals surface area contributed by atoms with E-state index in [-0.39, 0.29) is 16.6 Å². The maximum atomic E-state index is 13.2. The molecule has 1 aromatic heterocycles. The molecule has 0 atom stereocenters. The van der Waals surface area contributed by atoms with E-state index in [2.05, 4.69) is 28.9 Å². The third-order valence-electron chi connectivity index (χ3n) is 6.93. The van der Waals surface area contributed by atoms with Crippen molar-refractivity contribution in [2.45, 2.75) is 30.5 Å². The van der Waals surface area contributed by atoms with Gasteiger partial charge in [0.2, 0.25) is 0 Å². The monoisotopic (exact) mass is 543 g/mol. The lowest BCUT2D eigenvalue weighted by Gasteiger charge is -2.34. The molecule has 0 spiro atoms. The van der Waals surface area contributed by atoms with Crippen molar-refractivity contribution in [2.24, 2.45) is 0 Å². The van der Waals surface area contributed by atoms with Crippen molar-refractivity contribution in [1.82, 2.24) is 14.8 Å². The lowest BCUT2D eigenvalue weighted by atomic mass is 10.1. The van der Waals surface area contributed by atoms with Crippen molar-refractivity contribution >= 4 is 26.6 Å². The third kappa shape index (κ3) is 6.46. The molecule has 0 saturated carbocycles. The first-order chi connectivity index (χ1) is 18.9. The van der Waals surface area contributed by atoms with Gasteiger partial charge in [0.15, 0.2) is 9.84 Å². The first kappa shape index (κ1) is 26.8. The van der Waals surface area contributed by atoms with Crippen LogP contribution in [0.4, 0.5) is 0 Å². The molecule has 1 saturated heterocycles. The predicted octanol–water partition coefficient (Wildman–Crippen LogP) is 4.96. The van der Waals surface area contributed by atoms with Gasteiger partial charge in [0.05, 0.1) is 22.8 Å². The Morgan fingerprint density at radius 2 is 1.64 bits per heavy atom. The number of nitrogens with zero attached hydrogens (tertiary/aromatic N) is 3. The zero-order valence-corrected chi connectivity index (χ0v) is 22.9. The minimum absolute atomic E-state index is 0.0303. The van der Waals surface area contributed by atoms with Crippen LogP contribution in [-0.2, 0) is 22.1 Å². The summed E-state index contributed by atoms with van der Waals surface area (Å²) in [7, 11) is -3.60. The highest BCUT2D eigenvalue weighted by Crippen LogP contribution is 2.24. The number of pyridine rings is 1. The van der Waals surface area contributed by atoms with Crippen LogP contribution in [0.25, 0.3) is 10.9 Å². The van der Waals surface area contributed by atoms with Gasteiger partial charge in [0, 0.05) is 49.9 Å². The van der Waals surface area contributed by atoms with E-state index in [1.54, 1.807) is 48.7 Å². The number of carbonyl (C=O) groups excluding carboxylic acids is 1. The minimum Gasteiger partial charge on any atom is -0.494 e. The summed E-state index contributed by atoms with van der Waals surface area (Å²) in [5, 5.41) is 0.786. The molecule has 0 N–H and O–H groups in total. The Bertz CT molecular complexity index is 1540. The normalized spacial score (nSPS) is 14.4. The topological polar surface area (TPSA) is 79.8 Å². The Morgan fingerprint density at radius 1 is 0.897 bits per heavy atom. The molecular weight excluding hydrogens is 510 g/mol. The second-order valence-corrected chi connectivity index (χ2v) is 11.8. The Hall–Kier alpha value is -3.75. The van der Waals surface area contributed by atoms with Crippen LogP contribution in [0.15, 0.2) is 90.0 Å². The molecule has 4 aromatic rings. The van der Waals surface area contributed by atoms with Gasteiger partial charge in [-0.15, -0.1) is 0 Å². The van der Waals surface area contributed by atoms with Gasteiger partial charge in [-0.3, -0.25) is 14.7 Å². The zero-order chi connectivity index (χ0) is 27.2. The second-order valence-electron chi connectivity index (χ2n) is 9.85. The van der Waals surface area contributed by atoms with E-state index in [0.717, 1.165) is 37.2 Å². The number of fused-ring (bicyclic) bond motifs is 1. The molecule has 7 nitrogen and oxygen atoms in total. The smallest absolute Gasteiger partial charge is 0.253 e. The van der Waals surface area contributed by atoms with Crippen LogP contribution in [0.5, 0.6) is 5.75 Å². The maximum absolute atomic E-state index is 13.2. The van der Waals surface area contributed by atoms with Gasteiger partial charge >= 0.3 is 0 Å². The standard InChI is InChI=1S/C31H33N3O4S/c1-2-20-38-28-9-3-6-25(21-28)22-33-16-18-34(19-17-33)31(35)27-13-11-24(12-14-27)23-39(36,37)29-10-4-7-26-8-5-15-32-30(26)29/h3-15,21H,2,16-20,22-23H2,1H3. The lowest BCUT2D eigenvalue weighted by Crippen LogP contribution is -2.48. The van der Waals surface area contributed by atoms with Gasteiger partial charge in [0.25, 0.3) is 5.91 Å². The number of hydrogen-bond donors (Lipinski definition) is 0. The van der Waals surface area contributed by atoms with Gasteiger partial charge < -0.3 is 9.64 Å². The summed E-state index contributed by atoms with van der Waals surface area (Å²) in [5.41, 5.74) is 2.88. The van der Waals surface area contributed by atoms with E-state index >= 15 is 0 Å². The molecule has 5 rings (SSSR count). The molecule has 1 aliphatic heterocycles. The number of ether oxygens (including phenoxy) is 1. The second kappa shape index (κ2) is 12.0. The summed E-state index contributed by atoms with van der Waals surface area (Å²) >= 11 is 0. The fourth-order valence-corrected chi connectivity index (χ4v) is 6.41. The molecule has 1 fully saturated rings. The van der Waals surface area contributed by atoms with Crippen LogP contribution in [-0.4, -0.2) is 61.9 Å². The zero-order valence-electron chi connectivity index (χ0n) is 22.1. The van der Waals surface area contributed by atoms with E-state index < -0.39 is 9.84 Å². The Kier molecular flexibility index (Phi) is 8.24. The van der Waals surface area contributed by atoms with Crippen molar-refractivity contribution in [1.29, 1.82) is 0 Å². The van der Waals surface area contributed by atoms with Crippen molar-refractivity contribution in [3.8, 4) is 5.75 Å². The molecule has 8 heteroatoms. The molecule has 1 amide bonds. The average Bonchev–Trinajstić information content (AvgIpc) is 2.96. The molecule has 2 heterocycles. The SMILES string of the molecule is CCCOc1cccc(CN2CCN(C(=O)c3ccc(CS(=O)(=O)c4cccc5cccnc45)cc3)CC2)c1. The van der Waals surface area contributed by atoms with Crippen LogP contribution in [0.2, 0.25) is 0 Å². The quantitative estimate of drug-likeness (QED) is 0.297. The van der Waals surface area contributed by atoms with Crippen molar-refractivity contribution < 1.29 is 17.9 Å². The summed E-state index contributed by atoms with van der Waals surface area (Å²) in [6.07, 6.45) is 2.58. The number of carbonyl (C=O) groups is 1. The van der Waals surface area contributed by atoms with Crippen LogP contribution >= 0.6 is 0 Å². The van der Waals surface area contributed by atoms with Gasteiger partial charge in [-0.2, -0.15) is 0 Å². The molecule has 0 radical (unpaired) electrons. The fourth-order valence-electron chi connectivity index (χ4n) is 4.87. The Labute approximate surface area is 230 Å². The lowest BCUT2D eigenvalue weighted by molar-refractivity contribution is 0.0628. The molecule has 202 valence electrons. The number of sulfone groups is 1. The molecular formula is C31H33N3O4S. The van der Waals surface area contributed by atoms with E-state index in [9.17, 15) is 13.2 Å². The third-order valence-corrected chi connectivity index (χ3v) is 8.64. The van der Waals surface area contributed by atoms with Gasteiger partial charge in [0.1, 0.15) is 5.75 Å². The van der Waals surface area contributed by atoms with Gasteiger partial charge in [-0.05, 0) is 53.9 Å². The van der Waals surface area contributed by atoms with Crippen LogP contribution in [0, 0.1) is 0 Å². The Morgan fingerprint density at radius 3 is 2.41 bits per heavy atom. The first-order valence-electron chi connectivity index (χ1n) is 13.3. The van der Waals surface area contributed by atoms with Crippen LogP contribution in [0.1, 0.15) is 34.8 Å². The molecule has 1 aliphatic rings. The Balaban J connectivity index is 1.18. The highest BCUT2D eigenvalue weighted by molar-refractivity contribution is 7.90. The number of para-hydroxylation sites is 1. The van der Waals surface area contributed by atoms with Crippen LogP contribution in [0.3, 0.4) is 0 Å². The number of rotatable bonds is 9. The maximum Gasteiger partial charge on any atom is 0.253 e. The minimum atomic E-state index is -3.60. The molecule has 0 aliphatic carbocycles. The summed E-state index contributed by atoms with van der Waals surface area (Å²) < 4.78 is 32.1. The number of hydrogen-bond acceptors (Lipinski definition) is 6. The summed E-state index contributed by atoms with van der Waals surface area (Å²) in [6, 6.07) is 23.9. The van der Waals surface area contributed by atoms with Crippen molar-refractivity contribution in [2.75, 3.05) is 32.8 Å². The summed E-state index contributed by atoms with van der Waals surface area (Å²) in [4.78, 5) is 21.9. The average molecular weight is 544 g/mol. The number of aromatic nitrogens is 1. The molecule has 0 unspecified atom stereocenters. The summed E-state index contributed by atoms with van der Waals surface area (Å²) in [6.45, 7) is 6.50. The van der Waals surface area contributed by atoms with Crippen molar-refractivity contribution in [3.63, 3.8) is 0 Å². The van der Waals surface area contributed by atoms with Crippen LogP contribution < -0.4 is 4.74 Å².